The molecule has 23 heavy (non-hydrogen) atoms. The number of aromatic nitrogens is 1. The molecule has 0 saturated carbocycles. The highest BCUT2D eigenvalue weighted by atomic mass is 35.5. The minimum Gasteiger partial charge on any atom is -0.697 e. The Bertz CT molecular complexity index is 694. The number of halogens is 3. The Labute approximate surface area is 140 Å². The highest BCUT2D eigenvalue weighted by Gasteiger charge is 2.32. The van der Waals surface area contributed by atoms with Gasteiger partial charge in [0.2, 0.25) is 0 Å². The van der Waals surface area contributed by atoms with Gasteiger partial charge < -0.3 is 20.5 Å². The van der Waals surface area contributed by atoms with Gasteiger partial charge in [0.05, 0.1) is 17.4 Å². The van der Waals surface area contributed by atoms with Gasteiger partial charge in [-0.2, -0.15) is 4.37 Å². The molecule has 0 unspecified atom stereocenters. The lowest BCUT2D eigenvalue weighted by molar-refractivity contribution is -0.0960. The quantitative estimate of drug-likeness (QED) is 0.828. The van der Waals surface area contributed by atoms with Crippen LogP contribution in [-0.2, 0) is 0 Å². The summed E-state index contributed by atoms with van der Waals surface area (Å²) < 4.78 is 35.0. The van der Waals surface area contributed by atoms with Crippen LogP contribution in [0.2, 0.25) is 0 Å². The first-order chi connectivity index (χ1) is 10.8. The minimum absolute atomic E-state index is 0.146. The maximum Gasteiger partial charge on any atom is 0.487 e. The number of nitrogens with one attached hydrogen (secondary N) is 1. The molecule has 2 heterocycles. The van der Waals surface area contributed by atoms with Gasteiger partial charge in [-0.25, -0.2) is 0 Å². The molecular formula is C14H13ClF2N3O2S-. The van der Waals surface area contributed by atoms with Crippen molar-refractivity contribution in [2.75, 3.05) is 18.0 Å². The molecule has 1 aliphatic rings. The van der Waals surface area contributed by atoms with E-state index >= 15 is 0 Å². The van der Waals surface area contributed by atoms with Crippen molar-refractivity contribution in [2.24, 2.45) is 0 Å². The van der Waals surface area contributed by atoms with E-state index in [0.29, 0.717) is 30.9 Å². The van der Waals surface area contributed by atoms with Crippen LogP contribution in [0.25, 0.3) is 17.0 Å². The number of hydrogen-bond acceptors (Lipinski definition) is 5. The Balaban J connectivity index is 2.15. The summed E-state index contributed by atoms with van der Waals surface area (Å²) in [4.78, 5) is 1.78. The van der Waals surface area contributed by atoms with Gasteiger partial charge in [-0.15, -0.1) is 14.5 Å². The summed E-state index contributed by atoms with van der Waals surface area (Å²) in [6, 6.07) is 4.31. The summed E-state index contributed by atoms with van der Waals surface area (Å²) in [7, 11) is 0. The number of β-amino-alcohol motifs (C(OH)–C–C–N with tert-alkyl or cyclic N) is 1. The van der Waals surface area contributed by atoms with Crippen LogP contribution in [0.15, 0.2) is 23.6 Å². The van der Waals surface area contributed by atoms with E-state index in [4.69, 9.17) is 17.3 Å². The van der Waals surface area contributed by atoms with Crippen LogP contribution in [-0.4, -0.2) is 34.2 Å². The number of aliphatic hydroxyl groups excluding tert-OH is 1. The number of benzene rings is 1. The molecule has 0 spiro atoms. The molecule has 1 atom stereocenters. The molecule has 0 bridgehead atoms. The van der Waals surface area contributed by atoms with Gasteiger partial charge in [0.25, 0.3) is 0 Å². The van der Waals surface area contributed by atoms with Gasteiger partial charge in [0.15, 0.2) is 0 Å². The second kappa shape index (κ2) is 6.10. The second-order valence-electron chi connectivity index (χ2n) is 5.16. The van der Waals surface area contributed by atoms with Gasteiger partial charge >= 0.3 is 5.57 Å². The fourth-order valence-electron chi connectivity index (χ4n) is 2.64. The van der Waals surface area contributed by atoms with Gasteiger partial charge in [-0.1, -0.05) is 6.07 Å². The molecule has 2 N–H and O–H groups in total. The SMILES string of the molecule is [NH-]c1ccc(OC(F)(F)Cl)c(-c2ccsn2)c1N1CC[C@@H](O)C1. The fourth-order valence-corrected chi connectivity index (χ4v) is 3.24. The van der Waals surface area contributed by atoms with Crippen molar-refractivity contribution >= 4 is 34.5 Å². The molecule has 3 rings (SSSR count). The van der Waals surface area contributed by atoms with Crippen molar-refractivity contribution in [3.05, 3.63) is 29.3 Å². The summed E-state index contributed by atoms with van der Waals surface area (Å²) in [5.41, 5.74) is 5.55. The smallest absolute Gasteiger partial charge is 0.487 e. The van der Waals surface area contributed by atoms with E-state index in [2.05, 4.69) is 9.11 Å². The molecule has 1 aromatic carbocycles. The Morgan fingerprint density at radius 2 is 2.22 bits per heavy atom. The first-order valence-corrected chi connectivity index (χ1v) is 8.05. The molecule has 0 aliphatic carbocycles. The van der Waals surface area contributed by atoms with E-state index in [-0.39, 0.29) is 17.0 Å². The molecule has 2 aromatic rings. The monoisotopic (exact) mass is 360 g/mol. The Morgan fingerprint density at radius 1 is 1.43 bits per heavy atom. The molecule has 1 fully saturated rings. The number of nitrogens with zero attached hydrogens (tertiary/aromatic N) is 2. The molecule has 1 aromatic heterocycles. The van der Waals surface area contributed by atoms with Crippen LogP contribution in [0.5, 0.6) is 5.75 Å². The molecule has 124 valence electrons. The van der Waals surface area contributed by atoms with Crippen molar-refractivity contribution in [3.63, 3.8) is 0 Å². The standard InChI is InChI=1S/C14H13ClF2N3O2S/c15-14(16,17)22-11-2-1-9(18)13(20-5-3-8(21)7-20)12(11)10-4-6-23-19-10/h1-2,4,6,8,18,21H,3,5,7H2/q-1/t8-/m1/s1. The van der Waals surface area contributed by atoms with Crippen LogP contribution in [0.3, 0.4) is 0 Å². The molecule has 5 nitrogen and oxygen atoms in total. The molecule has 0 radical (unpaired) electrons. The van der Waals surface area contributed by atoms with Crippen LogP contribution in [0, 0.1) is 0 Å². The zero-order chi connectivity index (χ0) is 16.6. The number of aliphatic hydroxyl groups is 1. The summed E-state index contributed by atoms with van der Waals surface area (Å²) in [6.45, 7) is 0.842. The van der Waals surface area contributed by atoms with Crippen molar-refractivity contribution in [1.82, 2.24) is 4.37 Å². The van der Waals surface area contributed by atoms with Crippen molar-refractivity contribution < 1.29 is 18.6 Å². The van der Waals surface area contributed by atoms with Crippen molar-refractivity contribution in [2.45, 2.75) is 18.1 Å². The van der Waals surface area contributed by atoms with E-state index < -0.39 is 11.7 Å². The summed E-state index contributed by atoms with van der Waals surface area (Å²) in [6.07, 6.45) is 0.0314. The van der Waals surface area contributed by atoms with Gasteiger partial charge in [0, 0.05) is 35.8 Å². The lowest BCUT2D eigenvalue weighted by Gasteiger charge is -2.28. The van der Waals surface area contributed by atoms with Crippen LogP contribution in [0.4, 0.5) is 20.2 Å². The maximum atomic E-state index is 13.1. The third-order valence-electron chi connectivity index (χ3n) is 3.54. The minimum atomic E-state index is -3.86. The Morgan fingerprint density at radius 3 is 2.78 bits per heavy atom. The predicted molar refractivity (Wildman–Crippen MR) is 85.8 cm³/mol. The fraction of sp³-hybridized carbons (Fsp3) is 0.357. The summed E-state index contributed by atoms with van der Waals surface area (Å²) in [5.74, 6) is -0.150. The molecule has 1 aliphatic heterocycles. The zero-order valence-corrected chi connectivity index (χ0v) is 13.4. The number of alkyl halides is 3. The van der Waals surface area contributed by atoms with Gasteiger partial charge in [-0.3, -0.25) is 0 Å². The molecule has 0 amide bonds. The van der Waals surface area contributed by atoms with Crippen LogP contribution >= 0.6 is 23.1 Å². The van der Waals surface area contributed by atoms with Crippen LogP contribution in [0.1, 0.15) is 6.42 Å². The van der Waals surface area contributed by atoms with E-state index in [1.165, 1.54) is 12.1 Å². The van der Waals surface area contributed by atoms with Gasteiger partial charge in [0.1, 0.15) is 5.75 Å². The normalized spacial score (nSPS) is 18.4. The van der Waals surface area contributed by atoms with Crippen molar-refractivity contribution in [1.29, 1.82) is 0 Å². The third kappa shape index (κ3) is 3.49. The summed E-state index contributed by atoms with van der Waals surface area (Å²) in [5, 5.41) is 11.4. The number of anilines is 1. The third-order valence-corrected chi connectivity index (χ3v) is 4.18. The summed E-state index contributed by atoms with van der Waals surface area (Å²) >= 11 is 6.07. The topological polar surface area (TPSA) is 69.4 Å². The van der Waals surface area contributed by atoms with Crippen LogP contribution < -0.4 is 9.64 Å². The second-order valence-corrected chi connectivity index (χ2v) is 6.26. The lowest BCUT2D eigenvalue weighted by Crippen LogP contribution is -2.23. The molecule has 1 saturated heterocycles. The first-order valence-electron chi connectivity index (χ1n) is 6.83. The van der Waals surface area contributed by atoms with E-state index in [9.17, 15) is 13.9 Å². The molecule has 9 heteroatoms. The van der Waals surface area contributed by atoms with E-state index in [1.807, 2.05) is 0 Å². The first kappa shape index (κ1) is 16.2. The van der Waals surface area contributed by atoms with Gasteiger partial charge in [-0.05, 0) is 30.1 Å². The highest BCUT2D eigenvalue weighted by Crippen LogP contribution is 2.46. The number of hydrogen-bond donors (Lipinski definition) is 1. The average Bonchev–Trinajstić information content (AvgIpc) is 3.10. The maximum absolute atomic E-state index is 13.1. The van der Waals surface area contributed by atoms with E-state index in [0.717, 1.165) is 11.5 Å². The van der Waals surface area contributed by atoms with Crippen molar-refractivity contribution in [3.8, 4) is 17.0 Å². The Hall–Kier alpha value is -1.64. The number of ether oxygens (including phenoxy) is 1. The zero-order valence-electron chi connectivity index (χ0n) is 11.8. The Kier molecular flexibility index (Phi) is 4.31. The largest absolute Gasteiger partial charge is 0.697 e. The average molecular weight is 361 g/mol. The van der Waals surface area contributed by atoms with E-state index in [1.54, 1.807) is 16.3 Å². The molecular weight excluding hydrogens is 348 g/mol. The lowest BCUT2D eigenvalue weighted by atomic mass is 10.1. The number of rotatable bonds is 4. The highest BCUT2D eigenvalue weighted by molar-refractivity contribution is 7.03. The predicted octanol–water partition coefficient (Wildman–Crippen LogP) is 4.23.